The fourth-order valence-corrected chi connectivity index (χ4v) is 5.26. The van der Waals surface area contributed by atoms with Crippen LogP contribution in [0, 0.1) is 11.3 Å². The van der Waals surface area contributed by atoms with Crippen molar-refractivity contribution in [2.45, 2.75) is 26.8 Å². The van der Waals surface area contributed by atoms with Crippen LogP contribution >= 0.6 is 11.3 Å². The monoisotopic (exact) mass is 533 g/mol. The van der Waals surface area contributed by atoms with Crippen LogP contribution in [0.15, 0.2) is 63.5 Å². The number of fused-ring (bicyclic) bond motifs is 1. The van der Waals surface area contributed by atoms with E-state index in [1.807, 2.05) is 19.1 Å². The topological polar surface area (TPSA) is 112 Å². The van der Waals surface area contributed by atoms with Crippen molar-refractivity contribution in [3.05, 3.63) is 84.5 Å². The van der Waals surface area contributed by atoms with Crippen LogP contribution in [0.5, 0.6) is 17.2 Å². The van der Waals surface area contributed by atoms with E-state index >= 15 is 0 Å². The average Bonchev–Trinajstić information content (AvgIpc) is 3.21. The molecule has 0 saturated carbocycles. The van der Waals surface area contributed by atoms with Gasteiger partial charge in [0, 0.05) is 5.56 Å². The highest BCUT2D eigenvalue weighted by Crippen LogP contribution is 2.36. The van der Waals surface area contributed by atoms with E-state index in [0.29, 0.717) is 50.0 Å². The van der Waals surface area contributed by atoms with Crippen LogP contribution in [0.25, 0.3) is 6.08 Å². The van der Waals surface area contributed by atoms with Crippen LogP contribution in [-0.4, -0.2) is 37.5 Å². The molecule has 1 atom stereocenters. The lowest BCUT2D eigenvalue weighted by molar-refractivity contribution is -0.139. The SMILES string of the molecule is CCOC(=O)C1=C(C)N=c2s/c(=C\c3ccccc3OCC#N)c(=O)n2[C@@H]1c1ccc(OC)c(OCC)c1. The molecule has 0 unspecified atom stereocenters. The van der Waals surface area contributed by atoms with Gasteiger partial charge in [-0.3, -0.25) is 9.36 Å². The molecule has 0 aliphatic carbocycles. The first-order chi connectivity index (χ1) is 18.4. The number of hydrogen-bond acceptors (Lipinski definition) is 9. The second-order valence-electron chi connectivity index (χ2n) is 8.13. The normalized spacial score (nSPS) is 14.8. The van der Waals surface area contributed by atoms with Crippen LogP contribution in [-0.2, 0) is 9.53 Å². The minimum Gasteiger partial charge on any atom is -0.493 e. The Hall–Kier alpha value is -4.36. The Labute approximate surface area is 223 Å². The Morgan fingerprint density at radius 1 is 1.13 bits per heavy atom. The van der Waals surface area contributed by atoms with Crippen LogP contribution in [0.2, 0.25) is 0 Å². The lowest BCUT2D eigenvalue weighted by Gasteiger charge is -2.25. The summed E-state index contributed by atoms with van der Waals surface area (Å²) in [6, 6.07) is 13.6. The summed E-state index contributed by atoms with van der Waals surface area (Å²) >= 11 is 1.21. The van der Waals surface area contributed by atoms with Crippen LogP contribution in [0.3, 0.4) is 0 Å². The van der Waals surface area contributed by atoms with Gasteiger partial charge in [0.15, 0.2) is 22.9 Å². The minimum absolute atomic E-state index is 0.117. The molecule has 0 bridgehead atoms. The van der Waals surface area contributed by atoms with Crippen LogP contribution in [0.1, 0.15) is 37.9 Å². The van der Waals surface area contributed by atoms with Crippen molar-refractivity contribution in [3.8, 4) is 23.3 Å². The first kappa shape index (κ1) is 26.7. The predicted molar refractivity (Wildman–Crippen MR) is 142 cm³/mol. The third-order valence-corrected chi connectivity index (χ3v) is 6.80. The summed E-state index contributed by atoms with van der Waals surface area (Å²) in [7, 11) is 1.55. The number of carbonyl (C=O) groups excluding carboxylic acids is 1. The van der Waals surface area contributed by atoms with E-state index in [4.69, 9.17) is 24.2 Å². The highest BCUT2D eigenvalue weighted by Gasteiger charge is 2.34. The second-order valence-corrected chi connectivity index (χ2v) is 9.14. The van der Waals surface area contributed by atoms with E-state index in [1.54, 1.807) is 63.4 Å². The summed E-state index contributed by atoms with van der Waals surface area (Å²) in [6.07, 6.45) is 1.70. The quantitative estimate of drug-likeness (QED) is 0.389. The molecule has 0 N–H and O–H groups in total. The zero-order chi connectivity index (χ0) is 27.2. The highest BCUT2D eigenvalue weighted by molar-refractivity contribution is 7.07. The Morgan fingerprint density at radius 2 is 1.92 bits per heavy atom. The maximum absolute atomic E-state index is 13.9. The zero-order valence-corrected chi connectivity index (χ0v) is 22.3. The maximum Gasteiger partial charge on any atom is 0.338 e. The third-order valence-electron chi connectivity index (χ3n) is 5.82. The van der Waals surface area contributed by atoms with Gasteiger partial charge in [-0.25, -0.2) is 9.79 Å². The first-order valence-electron chi connectivity index (χ1n) is 12.0. The van der Waals surface area contributed by atoms with Gasteiger partial charge >= 0.3 is 5.97 Å². The Kier molecular flexibility index (Phi) is 8.28. The molecule has 0 saturated heterocycles. The minimum atomic E-state index is -0.789. The number of thiazole rings is 1. The lowest BCUT2D eigenvalue weighted by Crippen LogP contribution is -2.40. The first-order valence-corrected chi connectivity index (χ1v) is 12.8. The van der Waals surface area contributed by atoms with Gasteiger partial charge in [0.05, 0.1) is 42.2 Å². The van der Waals surface area contributed by atoms with Crippen molar-refractivity contribution in [3.63, 3.8) is 0 Å². The number of para-hydroxylation sites is 1. The molecular formula is C28H27N3O6S. The third kappa shape index (κ3) is 5.19. The Morgan fingerprint density at radius 3 is 2.63 bits per heavy atom. The fourth-order valence-electron chi connectivity index (χ4n) is 4.22. The number of carbonyl (C=O) groups is 1. The molecular weight excluding hydrogens is 506 g/mol. The van der Waals surface area contributed by atoms with E-state index in [2.05, 4.69) is 4.99 Å². The number of esters is 1. The van der Waals surface area contributed by atoms with Crippen molar-refractivity contribution in [1.29, 1.82) is 5.26 Å². The van der Waals surface area contributed by atoms with Crippen LogP contribution < -0.4 is 29.1 Å². The molecule has 9 nitrogen and oxygen atoms in total. The smallest absolute Gasteiger partial charge is 0.338 e. The van der Waals surface area contributed by atoms with Gasteiger partial charge in [-0.1, -0.05) is 35.6 Å². The summed E-state index contributed by atoms with van der Waals surface area (Å²) < 4.78 is 24.0. The van der Waals surface area contributed by atoms with Crippen molar-refractivity contribution in [2.75, 3.05) is 26.9 Å². The van der Waals surface area contributed by atoms with Gasteiger partial charge in [0.25, 0.3) is 5.56 Å². The largest absolute Gasteiger partial charge is 0.493 e. The fraction of sp³-hybridized carbons (Fsp3) is 0.286. The number of benzene rings is 2. The van der Waals surface area contributed by atoms with Gasteiger partial charge in [0.1, 0.15) is 11.8 Å². The molecule has 1 aliphatic rings. The summed E-state index contributed by atoms with van der Waals surface area (Å²) in [5.41, 5.74) is 1.71. The standard InChI is InChI=1S/C28H27N3O6S/c1-5-35-22-15-19(11-12-21(22)34-4)25-24(27(33)36-6-2)17(3)30-28-31(25)26(32)23(38-28)16-18-9-7-8-10-20(18)37-14-13-29/h7-12,15-16,25H,5-6,14H2,1-4H3/b23-16-/t25-/m1/s1. The number of methoxy groups -OCH3 is 1. The Bertz CT molecular complexity index is 1610. The zero-order valence-electron chi connectivity index (χ0n) is 21.5. The summed E-state index contributed by atoms with van der Waals surface area (Å²) in [5.74, 6) is 0.972. The molecule has 1 aromatic heterocycles. The molecule has 0 radical (unpaired) electrons. The van der Waals surface area contributed by atoms with E-state index in [1.165, 1.54) is 15.9 Å². The molecule has 2 heterocycles. The van der Waals surface area contributed by atoms with E-state index in [-0.39, 0.29) is 24.3 Å². The molecule has 4 rings (SSSR count). The molecule has 0 fully saturated rings. The van der Waals surface area contributed by atoms with Gasteiger partial charge in [-0.15, -0.1) is 0 Å². The number of nitrogens with zero attached hydrogens (tertiary/aromatic N) is 3. The summed E-state index contributed by atoms with van der Waals surface area (Å²) in [4.78, 5) is 32.0. The molecule has 196 valence electrons. The van der Waals surface area contributed by atoms with Gasteiger partial charge in [-0.05, 0) is 50.6 Å². The molecule has 38 heavy (non-hydrogen) atoms. The molecule has 1 aliphatic heterocycles. The number of aromatic nitrogens is 1. The summed E-state index contributed by atoms with van der Waals surface area (Å²) in [6.45, 7) is 5.79. The van der Waals surface area contributed by atoms with E-state index in [0.717, 1.165) is 0 Å². The number of rotatable bonds is 9. The number of hydrogen-bond donors (Lipinski definition) is 0. The van der Waals surface area contributed by atoms with Gasteiger partial charge in [0.2, 0.25) is 0 Å². The number of allylic oxidation sites excluding steroid dienone is 1. The highest BCUT2D eigenvalue weighted by atomic mass is 32.1. The van der Waals surface area contributed by atoms with Gasteiger partial charge in [-0.2, -0.15) is 5.26 Å². The summed E-state index contributed by atoms with van der Waals surface area (Å²) in [5, 5.41) is 8.91. The van der Waals surface area contributed by atoms with Crippen LogP contribution in [0.4, 0.5) is 0 Å². The lowest BCUT2D eigenvalue weighted by atomic mass is 9.95. The Balaban J connectivity index is 1.95. The second kappa shape index (κ2) is 11.8. The van der Waals surface area contributed by atoms with E-state index in [9.17, 15) is 9.59 Å². The van der Waals surface area contributed by atoms with Crippen molar-refractivity contribution < 1.29 is 23.7 Å². The average molecular weight is 534 g/mol. The van der Waals surface area contributed by atoms with Crippen molar-refractivity contribution >= 4 is 23.4 Å². The van der Waals surface area contributed by atoms with Gasteiger partial charge < -0.3 is 18.9 Å². The molecule has 2 aromatic carbocycles. The van der Waals surface area contributed by atoms with Crippen molar-refractivity contribution in [2.24, 2.45) is 4.99 Å². The number of nitriles is 1. The molecule has 3 aromatic rings. The predicted octanol–water partition coefficient (Wildman–Crippen LogP) is 3.11. The molecule has 0 spiro atoms. The maximum atomic E-state index is 13.9. The van der Waals surface area contributed by atoms with E-state index < -0.39 is 12.0 Å². The number of ether oxygens (including phenoxy) is 4. The van der Waals surface area contributed by atoms with Crippen molar-refractivity contribution in [1.82, 2.24) is 4.57 Å². The molecule has 0 amide bonds. The molecule has 10 heteroatoms.